The average molecular weight is 356 g/mol. The Morgan fingerprint density at radius 2 is 1.56 bits per heavy atom. The highest BCUT2D eigenvalue weighted by Crippen LogP contribution is 2.24. The van der Waals surface area contributed by atoms with Crippen molar-refractivity contribution in [3.05, 3.63) is 77.6 Å². The van der Waals surface area contributed by atoms with Crippen molar-refractivity contribution < 1.29 is 22.4 Å². The van der Waals surface area contributed by atoms with Crippen LogP contribution in [0.25, 0.3) is 0 Å². The van der Waals surface area contributed by atoms with Crippen molar-refractivity contribution in [1.29, 1.82) is 0 Å². The second-order valence-corrected chi connectivity index (χ2v) is 7.53. The Morgan fingerprint density at radius 1 is 0.920 bits per heavy atom. The van der Waals surface area contributed by atoms with Crippen LogP contribution >= 0.6 is 0 Å². The highest BCUT2D eigenvalue weighted by Gasteiger charge is 2.24. The molecule has 2 aromatic carbocycles. The zero-order valence-electron chi connectivity index (χ0n) is 13.7. The average Bonchev–Trinajstić information content (AvgIpc) is 3.05. The lowest BCUT2D eigenvalue weighted by Crippen LogP contribution is -2.08. The van der Waals surface area contributed by atoms with E-state index >= 15 is 0 Å². The van der Waals surface area contributed by atoms with Gasteiger partial charge in [0.1, 0.15) is 5.75 Å². The van der Waals surface area contributed by atoms with E-state index in [1.165, 1.54) is 24.3 Å². The fourth-order valence-electron chi connectivity index (χ4n) is 2.44. The van der Waals surface area contributed by atoms with Crippen molar-refractivity contribution in [1.82, 2.24) is 0 Å². The van der Waals surface area contributed by atoms with E-state index in [-0.39, 0.29) is 15.7 Å². The monoisotopic (exact) mass is 356 g/mol. The number of carbonyl (C=O) groups is 1. The quantitative estimate of drug-likeness (QED) is 0.523. The van der Waals surface area contributed by atoms with Crippen LogP contribution in [0.3, 0.4) is 0 Å². The Hall–Kier alpha value is -2.86. The molecule has 5 nitrogen and oxygen atoms in total. The summed E-state index contributed by atoms with van der Waals surface area (Å²) in [6, 6.07) is 15.8. The summed E-state index contributed by atoms with van der Waals surface area (Å²) in [6.07, 6.45) is 0. The molecule has 0 saturated heterocycles. The molecular weight excluding hydrogens is 340 g/mol. The molecule has 0 aliphatic carbocycles. The summed E-state index contributed by atoms with van der Waals surface area (Å²) in [5.74, 6) is -0.542. The molecule has 0 spiro atoms. The minimum Gasteiger partial charge on any atom is -0.437 e. The van der Waals surface area contributed by atoms with Gasteiger partial charge in [0.25, 0.3) is 0 Å². The second kappa shape index (κ2) is 6.57. The molecule has 0 aliphatic rings. The maximum atomic E-state index is 12.5. The third-order valence-electron chi connectivity index (χ3n) is 3.51. The van der Waals surface area contributed by atoms with E-state index in [9.17, 15) is 13.2 Å². The van der Waals surface area contributed by atoms with Crippen molar-refractivity contribution in [3.63, 3.8) is 0 Å². The molecule has 0 N–H and O–H groups in total. The lowest BCUT2D eigenvalue weighted by molar-refractivity contribution is 0.0695. The maximum absolute atomic E-state index is 12.5. The smallest absolute Gasteiger partial charge is 0.379 e. The van der Waals surface area contributed by atoms with Gasteiger partial charge in [0.05, 0.1) is 4.90 Å². The molecule has 0 aliphatic heterocycles. The van der Waals surface area contributed by atoms with Gasteiger partial charge in [0.15, 0.2) is 0 Å². The normalized spacial score (nSPS) is 11.3. The highest BCUT2D eigenvalue weighted by molar-refractivity contribution is 7.91. The van der Waals surface area contributed by atoms with Crippen molar-refractivity contribution in [2.24, 2.45) is 0 Å². The molecule has 0 unspecified atom stereocenters. The van der Waals surface area contributed by atoms with Crippen molar-refractivity contribution in [2.45, 2.75) is 23.8 Å². The Morgan fingerprint density at radius 3 is 2.20 bits per heavy atom. The molecule has 0 amide bonds. The van der Waals surface area contributed by atoms with Crippen LogP contribution in [-0.2, 0) is 9.84 Å². The second-order valence-electron chi connectivity index (χ2n) is 5.65. The van der Waals surface area contributed by atoms with E-state index in [0.29, 0.717) is 5.75 Å². The zero-order valence-corrected chi connectivity index (χ0v) is 14.5. The van der Waals surface area contributed by atoms with E-state index < -0.39 is 15.8 Å². The van der Waals surface area contributed by atoms with E-state index in [4.69, 9.17) is 9.15 Å². The lowest BCUT2D eigenvalue weighted by atomic mass is 10.1. The standard InChI is InChI=1S/C19H16O5S/c1-13-10-14(2)12-15(11-13)23-19(20)17-8-9-18(24-17)25(21,22)16-6-4-3-5-7-16/h3-12H,1-2H3. The minimum absolute atomic E-state index is 0.0959. The fourth-order valence-corrected chi connectivity index (χ4v) is 3.63. The van der Waals surface area contributed by atoms with Gasteiger partial charge < -0.3 is 9.15 Å². The number of sulfone groups is 1. The van der Waals surface area contributed by atoms with Gasteiger partial charge in [-0.1, -0.05) is 24.3 Å². The summed E-state index contributed by atoms with van der Waals surface area (Å²) < 4.78 is 35.4. The van der Waals surface area contributed by atoms with Gasteiger partial charge >= 0.3 is 5.97 Å². The number of rotatable bonds is 4. The minimum atomic E-state index is -3.81. The Balaban J connectivity index is 1.85. The molecular formula is C19H16O5S. The van der Waals surface area contributed by atoms with Crippen LogP contribution < -0.4 is 4.74 Å². The van der Waals surface area contributed by atoms with Crippen molar-refractivity contribution in [3.8, 4) is 5.75 Å². The van der Waals surface area contributed by atoms with Crippen LogP contribution in [0.15, 0.2) is 75.1 Å². The van der Waals surface area contributed by atoms with Crippen LogP contribution in [0, 0.1) is 13.8 Å². The van der Waals surface area contributed by atoms with Crippen molar-refractivity contribution >= 4 is 15.8 Å². The van der Waals surface area contributed by atoms with E-state index in [0.717, 1.165) is 11.1 Å². The number of hydrogen-bond acceptors (Lipinski definition) is 5. The van der Waals surface area contributed by atoms with Crippen molar-refractivity contribution in [2.75, 3.05) is 0 Å². The predicted octanol–water partition coefficient (Wildman–Crippen LogP) is 3.95. The summed E-state index contributed by atoms with van der Waals surface area (Å²) in [4.78, 5) is 12.3. The topological polar surface area (TPSA) is 73.6 Å². The summed E-state index contributed by atoms with van der Waals surface area (Å²) in [7, 11) is -3.81. The Kier molecular flexibility index (Phi) is 4.46. The van der Waals surface area contributed by atoms with Gasteiger partial charge in [0, 0.05) is 0 Å². The molecule has 25 heavy (non-hydrogen) atoms. The zero-order chi connectivity index (χ0) is 18.0. The van der Waals surface area contributed by atoms with E-state index in [1.807, 2.05) is 19.9 Å². The van der Waals surface area contributed by atoms with Crippen LogP contribution in [0.4, 0.5) is 0 Å². The van der Waals surface area contributed by atoms with Gasteiger partial charge in [-0.05, 0) is 61.4 Å². The summed E-state index contributed by atoms with van der Waals surface area (Å²) in [5, 5.41) is -0.300. The van der Waals surface area contributed by atoms with E-state index in [2.05, 4.69) is 0 Å². The Labute approximate surface area is 145 Å². The first-order chi connectivity index (χ1) is 11.9. The number of aryl methyl sites for hydroxylation is 2. The Bertz CT molecular complexity index is 997. The van der Waals surface area contributed by atoms with Gasteiger partial charge in [-0.25, -0.2) is 13.2 Å². The third-order valence-corrected chi connectivity index (χ3v) is 5.15. The molecule has 6 heteroatoms. The van der Waals surface area contributed by atoms with Crippen LogP contribution in [-0.4, -0.2) is 14.4 Å². The predicted molar refractivity (Wildman–Crippen MR) is 91.5 cm³/mol. The lowest BCUT2D eigenvalue weighted by Gasteiger charge is -2.05. The number of ether oxygens (including phenoxy) is 1. The largest absolute Gasteiger partial charge is 0.437 e. The summed E-state index contributed by atoms with van der Waals surface area (Å²) in [6.45, 7) is 3.78. The molecule has 0 radical (unpaired) electrons. The molecule has 0 atom stereocenters. The molecule has 0 fully saturated rings. The molecule has 0 saturated carbocycles. The molecule has 3 rings (SSSR count). The molecule has 3 aromatic rings. The van der Waals surface area contributed by atoms with E-state index in [1.54, 1.807) is 30.3 Å². The SMILES string of the molecule is Cc1cc(C)cc(OC(=O)c2ccc(S(=O)(=O)c3ccccc3)o2)c1. The van der Waals surface area contributed by atoms with Crippen LogP contribution in [0.5, 0.6) is 5.75 Å². The van der Waals surface area contributed by atoms with Gasteiger partial charge in [-0.3, -0.25) is 0 Å². The first kappa shape index (κ1) is 17.0. The van der Waals surface area contributed by atoms with Gasteiger partial charge in [-0.2, -0.15) is 0 Å². The molecule has 0 bridgehead atoms. The van der Waals surface area contributed by atoms with Gasteiger partial charge in [0.2, 0.25) is 20.7 Å². The molecule has 128 valence electrons. The molecule has 1 aromatic heterocycles. The first-order valence-corrected chi connectivity index (χ1v) is 9.05. The fraction of sp³-hybridized carbons (Fsp3) is 0.105. The third kappa shape index (κ3) is 3.64. The maximum Gasteiger partial charge on any atom is 0.379 e. The number of benzene rings is 2. The first-order valence-electron chi connectivity index (χ1n) is 7.57. The number of furan rings is 1. The summed E-state index contributed by atoms with van der Waals surface area (Å²) >= 11 is 0. The van der Waals surface area contributed by atoms with Crippen LogP contribution in [0.2, 0.25) is 0 Å². The molecule has 1 heterocycles. The number of esters is 1. The highest BCUT2D eigenvalue weighted by atomic mass is 32.2. The van der Waals surface area contributed by atoms with Gasteiger partial charge in [-0.15, -0.1) is 0 Å². The number of carbonyl (C=O) groups excluding carboxylic acids is 1. The summed E-state index contributed by atoms with van der Waals surface area (Å²) in [5.41, 5.74) is 1.91. The van der Waals surface area contributed by atoms with Crippen LogP contribution in [0.1, 0.15) is 21.7 Å². The number of hydrogen-bond donors (Lipinski definition) is 0.